The summed E-state index contributed by atoms with van der Waals surface area (Å²) in [7, 11) is 1.77. The fourth-order valence-corrected chi connectivity index (χ4v) is 2.67. The second-order valence-electron chi connectivity index (χ2n) is 5.63. The molecule has 0 radical (unpaired) electrons. The lowest BCUT2D eigenvalue weighted by Gasteiger charge is -2.10. The molecule has 0 saturated heterocycles. The Morgan fingerprint density at radius 2 is 2.29 bits per heavy atom. The summed E-state index contributed by atoms with van der Waals surface area (Å²) in [6.45, 7) is 2.13. The van der Waals surface area contributed by atoms with Gasteiger partial charge in [0.15, 0.2) is 0 Å². The smallest absolute Gasteiger partial charge is 0.255 e. The highest BCUT2D eigenvalue weighted by Crippen LogP contribution is 2.35. The maximum Gasteiger partial charge on any atom is 0.255 e. The van der Waals surface area contributed by atoms with Gasteiger partial charge in [0.1, 0.15) is 12.4 Å². The van der Waals surface area contributed by atoms with Gasteiger partial charge in [-0.1, -0.05) is 17.3 Å². The molecule has 1 aliphatic rings. The molecule has 0 saturated carbocycles. The topological polar surface area (TPSA) is 95.1 Å². The summed E-state index contributed by atoms with van der Waals surface area (Å²) in [4.78, 5) is 16.5. The number of rotatable bonds is 3. The highest BCUT2D eigenvalue weighted by Gasteiger charge is 2.27. The quantitative estimate of drug-likeness (QED) is 0.786. The number of amides is 1. The largest absolute Gasteiger partial charge is 0.491 e. The molecule has 122 valence electrons. The SMILES string of the molecule is Cc1nc(-c2ccc3c(c2)OC[C@H]3NC(=O)c2cnn(C)c2)no1. The van der Waals surface area contributed by atoms with E-state index in [1.807, 2.05) is 18.2 Å². The van der Waals surface area contributed by atoms with E-state index in [1.54, 1.807) is 24.9 Å². The summed E-state index contributed by atoms with van der Waals surface area (Å²) in [5.41, 5.74) is 2.26. The van der Waals surface area contributed by atoms with Crippen LogP contribution in [0.15, 0.2) is 35.1 Å². The van der Waals surface area contributed by atoms with Crippen LogP contribution in [-0.2, 0) is 7.05 Å². The van der Waals surface area contributed by atoms with Crippen LogP contribution in [0.25, 0.3) is 11.4 Å². The van der Waals surface area contributed by atoms with Crippen LogP contribution in [-0.4, -0.2) is 32.4 Å². The fraction of sp³-hybridized carbons (Fsp3) is 0.250. The molecule has 3 aromatic rings. The highest BCUT2D eigenvalue weighted by molar-refractivity contribution is 5.94. The van der Waals surface area contributed by atoms with E-state index < -0.39 is 0 Å². The Morgan fingerprint density at radius 1 is 1.42 bits per heavy atom. The molecule has 0 unspecified atom stereocenters. The van der Waals surface area contributed by atoms with Gasteiger partial charge in [-0.15, -0.1) is 0 Å². The van der Waals surface area contributed by atoms with Gasteiger partial charge in [-0.05, 0) is 6.07 Å². The van der Waals surface area contributed by atoms with E-state index in [1.165, 1.54) is 6.20 Å². The van der Waals surface area contributed by atoms with Crippen LogP contribution in [0.1, 0.15) is 27.9 Å². The minimum atomic E-state index is -0.200. The van der Waals surface area contributed by atoms with Crippen LogP contribution in [0, 0.1) is 6.92 Å². The molecule has 0 fully saturated rings. The van der Waals surface area contributed by atoms with Crippen molar-refractivity contribution >= 4 is 5.91 Å². The fourth-order valence-electron chi connectivity index (χ4n) is 2.67. The number of nitrogens with zero attached hydrogens (tertiary/aromatic N) is 4. The molecule has 0 spiro atoms. The number of fused-ring (bicyclic) bond motifs is 1. The first-order chi connectivity index (χ1) is 11.6. The molecule has 8 nitrogen and oxygen atoms in total. The Kier molecular flexibility index (Phi) is 3.30. The number of carbonyl (C=O) groups excluding carboxylic acids is 1. The van der Waals surface area contributed by atoms with Gasteiger partial charge in [0.05, 0.1) is 17.8 Å². The van der Waals surface area contributed by atoms with Crippen LogP contribution >= 0.6 is 0 Å². The number of aryl methyl sites for hydroxylation is 2. The zero-order valence-corrected chi connectivity index (χ0v) is 13.2. The number of ether oxygens (including phenoxy) is 1. The highest BCUT2D eigenvalue weighted by atomic mass is 16.5. The molecule has 1 aliphatic heterocycles. The zero-order valence-electron chi connectivity index (χ0n) is 13.2. The van der Waals surface area contributed by atoms with E-state index in [-0.39, 0.29) is 11.9 Å². The molecule has 4 rings (SSSR count). The summed E-state index contributed by atoms with van der Waals surface area (Å²) in [6.07, 6.45) is 3.21. The number of hydrogen-bond donors (Lipinski definition) is 1. The number of hydrogen-bond acceptors (Lipinski definition) is 6. The van der Waals surface area contributed by atoms with Gasteiger partial charge in [0, 0.05) is 31.3 Å². The average Bonchev–Trinajstić information content (AvgIpc) is 3.28. The van der Waals surface area contributed by atoms with E-state index in [0.717, 1.165) is 11.1 Å². The Labute approximate surface area is 137 Å². The Hall–Kier alpha value is -3.16. The third-order valence-corrected chi connectivity index (χ3v) is 3.85. The Bertz CT molecular complexity index is 914. The molecular weight excluding hydrogens is 310 g/mol. The third-order valence-electron chi connectivity index (χ3n) is 3.85. The molecule has 1 atom stereocenters. The lowest BCUT2D eigenvalue weighted by molar-refractivity contribution is 0.0930. The predicted molar refractivity (Wildman–Crippen MR) is 83.4 cm³/mol. The monoisotopic (exact) mass is 325 g/mol. The molecule has 8 heteroatoms. The first kappa shape index (κ1) is 14.4. The second kappa shape index (κ2) is 5.48. The van der Waals surface area contributed by atoms with E-state index in [2.05, 4.69) is 20.6 Å². The minimum absolute atomic E-state index is 0.178. The predicted octanol–water partition coefficient (Wildman–Crippen LogP) is 1.64. The normalized spacial score (nSPS) is 15.8. The van der Waals surface area contributed by atoms with E-state index >= 15 is 0 Å². The summed E-state index contributed by atoms with van der Waals surface area (Å²) >= 11 is 0. The van der Waals surface area contributed by atoms with Gasteiger partial charge < -0.3 is 14.6 Å². The number of carbonyl (C=O) groups is 1. The summed E-state index contributed by atoms with van der Waals surface area (Å²) < 4.78 is 12.3. The van der Waals surface area contributed by atoms with Gasteiger partial charge in [-0.3, -0.25) is 9.48 Å². The van der Waals surface area contributed by atoms with Gasteiger partial charge in [0.25, 0.3) is 5.91 Å². The second-order valence-corrected chi connectivity index (χ2v) is 5.63. The van der Waals surface area contributed by atoms with Crippen LogP contribution in [0.4, 0.5) is 0 Å². The van der Waals surface area contributed by atoms with Crippen molar-refractivity contribution in [3.63, 3.8) is 0 Å². The zero-order chi connectivity index (χ0) is 16.7. The molecule has 24 heavy (non-hydrogen) atoms. The first-order valence-corrected chi connectivity index (χ1v) is 7.47. The van der Waals surface area contributed by atoms with Crippen molar-refractivity contribution in [1.82, 2.24) is 25.2 Å². The lowest BCUT2D eigenvalue weighted by Crippen LogP contribution is -2.29. The van der Waals surface area contributed by atoms with Gasteiger partial charge in [-0.25, -0.2) is 0 Å². The van der Waals surface area contributed by atoms with Crippen LogP contribution in [0.2, 0.25) is 0 Å². The molecule has 3 heterocycles. The average molecular weight is 325 g/mol. The number of benzene rings is 1. The van der Waals surface area contributed by atoms with Crippen molar-refractivity contribution in [3.8, 4) is 17.1 Å². The Balaban J connectivity index is 1.55. The molecule has 1 N–H and O–H groups in total. The van der Waals surface area contributed by atoms with Crippen molar-refractivity contribution in [2.75, 3.05) is 6.61 Å². The molecule has 1 aromatic carbocycles. The summed E-state index contributed by atoms with van der Waals surface area (Å²) in [5, 5.41) is 10.9. The summed E-state index contributed by atoms with van der Waals surface area (Å²) in [6, 6.07) is 5.46. The van der Waals surface area contributed by atoms with E-state index in [4.69, 9.17) is 9.26 Å². The van der Waals surface area contributed by atoms with Crippen molar-refractivity contribution in [3.05, 3.63) is 47.6 Å². The standard InChI is InChI=1S/C16H15N5O3/c1-9-18-15(20-24-9)10-3-4-12-13(8-23-14(12)5-10)19-16(22)11-6-17-21(2)7-11/h3-7,13H,8H2,1-2H3,(H,19,22)/t13-/m1/s1. The molecular formula is C16H15N5O3. The third kappa shape index (κ3) is 2.51. The molecule has 0 aliphatic carbocycles. The van der Waals surface area contributed by atoms with Gasteiger partial charge >= 0.3 is 0 Å². The van der Waals surface area contributed by atoms with Crippen molar-refractivity contribution in [2.24, 2.45) is 7.05 Å². The number of nitrogens with one attached hydrogen (secondary N) is 1. The van der Waals surface area contributed by atoms with Crippen molar-refractivity contribution < 1.29 is 14.1 Å². The van der Waals surface area contributed by atoms with Crippen LogP contribution in [0.3, 0.4) is 0 Å². The maximum absolute atomic E-state index is 12.3. The van der Waals surface area contributed by atoms with E-state index in [9.17, 15) is 4.79 Å². The Morgan fingerprint density at radius 3 is 3.00 bits per heavy atom. The molecule has 0 bridgehead atoms. The van der Waals surface area contributed by atoms with Gasteiger partial charge in [-0.2, -0.15) is 10.1 Å². The molecule has 1 amide bonds. The summed E-state index contributed by atoms with van der Waals surface area (Å²) in [5.74, 6) is 1.56. The molecule has 2 aromatic heterocycles. The first-order valence-electron chi connectivity index (χ1n) is 7.47. The number of aromatic nitrogens is 4. The minimum Gasteiger partial charge on any atom is -0.491 e. The lowest BCUT2D eigenvalue weighted by atomic mass is 10.1. The van der Waals surface area contributed by atoms with Crippen LogP contribution < -0.4 is 10.1 Å². The van der Waals surface area contributed by atoms with Crippen molar-refractivity contribution in [1.29, 1.82) is 0 Å². The van der Waals surface area contributed by atoms with Crippen LogP contribution in [0.5, 0.6) is 5.75 Å². The van der Waals surface area contributed by atoms with Crippen molar-refractivity contribution in [2.45, 2.75) is 13.0 Å². The maximum atomic E-state index is 12.3. The van der Waals surface area contributed by atoms with E-state index in [0.29, 0.717) is 29.6 Å². The van der Waals surface area contributed by atoms with Gasteiger partial charge in [0.2, 0.25) is 11.7 Å².